The first kappa shape index (κ1) is 9.51. The van der Waals surface area contributed by atoms with Gasteiger partial charge < -0.3 is 5.73 Å². The van der Waals surface area contributed by atoms with E-state index in [0.717, 1.165) is 25.2 Å². The fourth-order valence-corrected chi connectivity index (χ4v) is 1.82. The normalized spacial score (nSPS) is 26.6. The van der Waals surface area contributed by atoms with Gasteiger partial charge in [-0.1, -0.05) is 0 Å². The summed E-state index contributed by atoms with van der Waals surface area (Å²) < 4.78 is 0. The Bertz CT molecular complexity index is 276. The summed E-state index contributed by atoms with van der Waals surface area (Å²) in [6.07, 6.45) is 4.35. The highest BCUT2D eigenvalue weighted by Gasteiger charge is 2.28. The van der Waals surface area contributed by atoms with Crippen LogP contribution in [0.4, 0.5) is 0 Å². The van der Waals surface area contributed by atoms with Gasteiger partial charge in [0.15, 0.2) is 0 Å². The van der Waals surface area contributed by atoms with Crippen LogP contribution in [0.3, 0.4) is 0 Å². The van der Waals surface area contributed by atoms with Gasteiger partial charge in [0.25, 0.3) is 0 Å². The molecule has 76 valence electrons. The van der Waals surface area contributed by atoms with Crippen LogP contribution in [-0.2, 0) is 0 Å². The third-order valence-corrected chi connectivity index (χ3v) is 2.55. The van der Waals surface area contributed by atoms with Crippen molar-refractivity contribution >= 4 is 0 Å². The zero-order valence-corrected chi connectivity index (χ0v) is 7.98. The number of nitrogens with zero attached hydrogens (tertiary/aromatic N) is 2. The predicted molar refractivity (Wildman–Crippen MR) is 53.1 cm³/mol. The summed E-state index contributed by atoms with van der Waals surface area (Å²) in [6.45, 7) is 1.67. The van der Waals surface area contributed by atoms with E-state index in [1.54, 1.807) is 12.5 Å². The summed E-state index contributed by atoms with van der Waals surface area (Å²) in [5.41, 5.74) is 12.9. The van der Waals surface area contributed by atoms with E-state index in [-0.39, 0.29) is 6.04 Å². The van der Waals surface area contributed by atoms with Crippen LogP contribution < -0.4 is 16.6 Å². The van der Waals surface area contributed by atoms with Gasteiger partial charge in [-0.25, -0.2) is 15.4 Å². The van der Waals surface area contributed by atoms with Crippen LogP contribution in [0.5, 0.6) is 0 Å². The standard InChI is InChI=1S/C9H15N5/c10-3-1-7-5-13-14-9(7)8-2-4-11-6-12-8/h2,4,6-7,9,13-14H,1,3,5,10H2. The molecule has 1 aromatic heterocycles. The van der Waals surface area contributed by atoms with E-state index in [9.17, 15) is 0 Å². The lowest BCUT2D eigenvalue weighted by atomic mass is 9.96. The number of nitrogens with one attached hydrogen (secondary N) is 2. The topological polar surface area (TPSA) is 75.9 Å². The smallest absolute Gasteiger partial charge is 0.115 e. The van der Waals surface area contributed by atoms with E-state index >= 15 is 0 Å². The largest absolute Gasteiger partial charge is 0.330 e. The zero-order valence-electron chi connectivity index (χ0n) is 7.98. The van der Waals surface area contributed by atoms with E-state index in [0.29, 0.717) is 5.92 Å². The van der Waals surface area contributed by atoms with Crippen molar-refractivity contribution in [2.24, 2.45) is 11.7 Å². The van der Waals surface area contributed by atoms with Crippen molar-refractivity contribution in [2.45, 2.75) is 12.5 Å². The molecule has 0 bridgehead atoms. The zero-order chi connectivity index (χ0) is 9.80. The molecule has 0 aromatic carbocycles. The Labute approximate surface area is 83.1 Å². The number of rotatable bonds is 3. The van der Waals surface area contributed by atoms with E-state index in [2.05, 4.69) is 20.8 Å². The average Bonchev–Trinajstić information content (AvgIpc) is 2.68. The highest BCUT2D eigenvalue weighted by atomic mass is 15.4. The molecule has 0 aliphatic carbocycles. The van der Waals surface area contributed by atoms with E-state index in [1.165, 1.54) is 0 Å². The molecule has 5 heteroatoms. The van der Waals surface area contributed by atoms with Gasteiger partial charge in [-0.05, 0) is 24.9 Å². The van der Waals surface area contributed by atoms with Crippen LogP contribution in [0.25, 0.3) is 0 Å². The number of nitrogens with two attached hydrogens (primary N) is 1. The summed E-state index contributed by atoms with van der Waals surface area (Å²) in [6, 6.07) is 2.20. The van der Waals surface area contributed by atoms with Crippen molar-refractivity contribution in [3.05, 3.63) is 24.3 Å². The minimum Gasteiger partial charge on any atom is -0.330 e. The molecular formula is C9H15N5. The predicted octanol–water partition coefficient (Wildman–Crippen LogP) is -0.409. The summed E-state index contributed by atoms with van der Waals surface area (Å²) >= 11 is 0. The fraction of sp³-hybridized carbons (Fsp3) is 0.556. The minimum atomic E-state index is 0.265. The molecular weight excluding hydrogens is 178 g/mol. The first-order chi connectivity index (χ1) is 6.92. The second-order valence-electron chi connectivity index (χ2n) is 3.47. The maximum atomic E-state index is 5.56. The molecule has 1 aliphatic heterocycles. The Morgan fingerprint density at radius 3 is 3.21 bits per heavy atom. The van der Waals surface area contributed by atoms with Crippen LogP contribution in [0.1, 0.15) is 18.2 Å². The van der Waals surface area contributed by atoms with E-state index in [1.807, 2.05) is 6.07 Å². The Morgan fingerprint density at radius 1 is 1.57 bits per heavy atom. The Kier molecular flexibility index (Phi) is 3.03. The van der Waals surface area contributed by atoms with Crippen molar-refractivity contribution in [3.8, 4) is 0 Å². The minimum absolute atomic E-state index is 0.265. The molecule has 1 aromatic rings. The molecule has 2 rings (SSSR count). The van der Waals surface area contributed by atoms with Crippen LogP contribution in [-0.4, -0.2) is 23.1 Å². The van der Waals surface area contributed by atoms with Gasteiger partial charge in [0.05, 0.1) is 11.7 Å². The van der Waals surface area contributed by atoms with E-state index < -0.39 is 0 Å². The molecule has 5 nitrogen and oxygen atoms in total. The van der Waals surface area contributed by atoms with E-state index in [4.69, 9.17) is 5.73 Å². The Hall–Kier alpha value is -1.04. The molecule has 0 radical (unpaired) electrons. The van der Waals surface area contributed by atoms with Crippen LogP contribution in [0.2, 0.25) is 0 Å². The Morgan fingerprint density at radius 2 is 2.50 bits per heavy atom. The van der Waals surface area contributed by atoms with Gasteiger partial charge in [-0.2, -0.15) is 0 Å². The van der Waals surface area contributed by atoms with Crippen molar-refractivity contribution < 1.29 is 0 Å². The lowest BCUT2D eigenvalue weighted by Crippen LogP contribution is -2.25. The third-order valence-electron chi connectivity index (χ3n) is 2.55. The summed E-state index contributed by atoms with van der Waals surface area (Å²) in [4.78, 5) is 8.14. The van der Waals surface area contributed by atoms with Gasteiger partial charge >= 0.3 is 0 Å². The Balaban J connectivity index is 2.10. The van der Waals surface area contributed by atoms with Gasteiger partial charge in [0.1, 0.15) is 6.33 Å². The molecule has 0 spiro atoms. The number of hydrogen-bond acceptors (Lipinski definition) is 5. The van der Waals surface area contributed by atoms with Crippen molar-refractivity contribution in [1.29, 1.82) is 0 Å². The van der Waals surface area contributed by atoms with Crippen molar-refractivity contribution in [3.63, 3.8) is 0 Å². The summed E-state index contributed by atoms with van der Waals surface area (Å²) in [5, 5.41) is 0. The second kappa shape index (κ2) is 4.45. The first-order valence-corrected chi connectivity index (χ1v) is 4.86. The van der Waals surface area contributed by atoms with Crippen molar-refractivity contribution in [2.75, 3.05) is 13.1 Å². The van der Waals surface area contributed by atoms with Crippen molar-refractivity contribution in [1.82, 2.24) is 20.8 Å². The molecule has 2 atom stereocenters. The SMILES string of the molecule is NCCC1CNNC1c1ccncn1. The summed E-state index contributed by atoms with van der Waals surface area (Å²) in [5.74, 6) is 0.523. The quantitative estimate of drug-likeness (QED) is 0.608. The number of aromatic nitrogens is 2. The second-order valence-corrected chi connectivity index (χ2v) is 3.47. The lowest BCUT2D eigenvalue weighted by molar-refractivity contribution is 0.442. The van der Waals surface area contributed by atoms with Gasteiger partial charge in [-0.3, -0.25) is 5.43 Å². The highest BCUT2D eigenvalue weighted by Crippen LogP contribution is 2.24. The van der Waals surface area contributed by atoms with Gasteiger partial charge in [-0.15, -0.1) is 0 Å². The third kappa shape index (κ3) is 1.89. The molecule has 14 heavy (non-hydrogen) atoms. The number of hydrogen-bond donors (Lipinski definition) is 3. The van der Waals surface area contributed by atoms with Crippen LogP contribution in [0, 0.1) is 5.92 Å². The molecule has 2 unspecified atom stereocenters. The fourth-order valence-electron chi connectivity index (χ4n) is 1.82. The molecule has 4 N–H and O–H groups in total. The number of hydrazine groups is 1. The molecule has 0 saturated carbocycles. The average molecular weight is 193 g/mol. The molecule has 2 heterocycles. The maximum absolute atomic E-state index is 5.56. The summed E-state index contributed by atoms with van der Waals surface area (Å²) in [7, 11) is 0. The van der Waals surface area contributed by atoms with Gasteiger partial charge in [0, 0.05) is 12.7 Å². The monoisotopic (exact) mass is 193 g/mol. The van der Waals surface area contributed by atoms with Crippen LogP contribution in [0.15, 0.2) is 18.6 Å². The maximum Gasteiger partial charge on any atom is 0.115 e. The van der Waals surface area contributed by atoms with Gasteiger partial charge in [0.2, 0.25) is 0 Å². The highest BCUT2D eigenvalue weighted by molar-refractivity contribution is 5.08. The molecule has 1 aliphatic rings. The lowest BCUT2D eigenvalue weighted by Gasteiger charge is -2.16. The first-order valence-electron chi connectivity index (χ1n) is 4.86. The molecule has 1 fully saturated rings. The van der Waals surface area contributed by atoms with Crippen LogP contribution >= 0.6 is 0 Å². The molecule has 1 saturated heterocycles. The molecule has 0 amide bonds.